The SMILES string of the molecule is O=S(=O)([O-])O.O=S(=O)=O.[CH2-]CS(=O)(=O)c1cc(O)c(N=Nc2[c-]cc3c(N=Nc4ccc(OC)cc4S(=O)(=O)[O-])c(NC)ccc3c2O)cc1OC.[Cu].[Na+].[Na+].[Na+]. The maximum atomic E-state index is 12.3. The minimum atomic E-state index is -4.92. The van der Waals surface area contributed by atoms with Crippen LogP contribution in [0.2, 0.25) is 0 Å². The zero-order valence-corrected chi connectivity index (χ0v) is 40.1. The Morgan fingerprint density at radius 1 is 0.821 bits per heavy atom. The molecule has 0 saturated heterocycles. The van der Waals surface area contributed by atoms with Gasteiger partial charge in [-0.05, 0) is 24.3 Å². The summed E-state index contributed by atoms with van der Waals surface area (Å²) in [4.78, 5) is -0.894. The molecule has 0 amide bonds. The summed E-state index contributed by atoms with van der Waals surface area (Å²) in [5, 5.41) is 40.9. The molecular formula is C27H25CuN5Na3O16S4-. The molecule has 1 radical (unpaired) electrons. The predicted molar refractivity (Wildman–Crippen MR) is 177 cm³/mol. The fourth-order valence-corrected chi connectivity index (χ4v) is 5.51. The average Bonchev–Trinajstić information content (AvgIpc) is 3.05. The first-order valence-corrected chi connectivity index (χ1v) is 18.7. The third-order valence-corrected chi connectivity index (χ3v) is 8.53. The average molecular weight is 936 g/mol. The molecule has 4 rings (SSSR count). The molecule has 0 aliphatic heterocycles. The maximum Gasteiger partial charge on any atom is 1.00 e. The second-order valence-electron chi connectivity index (χ2n) is 9.29. The Morgan fingerprint density at radius 3 is 1.86 bits per heavy atom. The fourth-order valence-electron chi connectivity index (χ4n) is 3.93. The van der Waals surface area contributed by atoms with Gasteiger partial charge in [-0.25, -0.2) is 25.3 Å². The van der Waals surface area contributed by atoms with Crippen molar-refractivity contribution < 1.29 is 177 Å². The van der Waals surface area contributed by atoms with Crippen LogP contribution in [0.5, 0.6) is 23.0 Å². The van der Waals surface area contributed by atoms with Crippen LogP contribution in [0.3, 0.4) is 0 Å². The Balaban J connectivity index is -0.00000195. The van der Waals surface area contributed by atoms with Crippen molar-refractivity contribution in [2.75, 3.05) is 32.3 Å². The van der Waals surface area contributed by atoms with Crippen LogP contribution in [-0.2, 0) is 58.0 Å². The third kappa shape index (κ3) is 17.6. The van der Waals surface area contributed by atoms with Crippen molar-refractivity contribution in [2.45, 2.75) is 9.79 Å². The van der Waals surface area contributed by atoms with Gasteiger partial charge in [0.15, 0.2) is 9.84 Å². The predicted octanol–water partition coefficient (Wildman–Crippen LogP) is -5.54. The molecule has 0 aromatic heterocycles. The number of phenols is 2. The molecule has 56 heavy (non-hydrogen) atoms. The number of ether oxygens (including phenoxy) is 2. The summed E-state index contributed by atoms with van der Waals surface area (Å²) in [5.74, 6) is -1.27. The van der Waals surface area contributed by atoms with Gasteiger partial charge in [0.1, 0.15) is 43.6 Å². The van der Waals surface area contributed by atoms with Crippen molar-refractivity contribution in [3.8, 4) is 23.0 Å². The molecule has 4 aromatic carbocycles. The van der Waals surface area contributed by atoms with Crippen LogP contribution in [0, 0.1) is 13.0 Å². The summed E-state index contributed by atoms with van der Waals surface area (Å²) >= 11 is 0. The molecule has 293 valence electrons. The number of fused-ring (bicyclic) bond motifs is 1. The van der Waals surface area contributed by atoms with Gasteiger partial charge in [-0.2, -0.15) is 27.5 Å². The minimum Gasteiger partial charge on any atom is -0.744 e. The summed E-state index contributed by atoms with van der Waals surface area (Å²) in [6, 6.07) is 13.2. The fraction of sp³-hybridized carbons (Fsp3) is 0.148. The summed E-state index contributed by atoms with van der Waals surface area (Å²) < 4.78 is 128. The summed E-state index contributed by atoms with van der Waals surface area (Å²) in [6.45, 7) is 3.38. The molecule has 29 heteroatoms. The van der Waals surface area contributed by atoms with Gasteiger partial charge in [-0.3, -0.25) is 4.55 Å². The van der Waals surface area contributed by atoms with E-state index in [9.17, 15) is 31.6 Å². The Kier molecular flexibility index (Phi) is 26.8. The van der Waals surface area contributed by atoms with Crippen LogP contribution in [0.25, 0.3) is 10.8 Å². The van der Waals surface area contributed by atoms with Gasteiger partial charge in [0.05, 0.1) is 24.8 Å². The number of rotatable bonds is 10. The molecular weight excluding hydrogens is 911 g/mol. The van der Waals surface area contributed by atoms with Gasteiger partial charge in [0.25, 0.3) is 0 Å². The van der Waals surface area contributed by atoms with E-state index in [0.29, 0.717) is 11.1 Å². The standard InChI is InChI=1S/C27H25N5O9S2.Cu.3Na.H2O4S.O3S/c1-5-42(35,36)25-14-22(33)21(13-23(25)41-4)31-30-20-11-7-16-17(27(20)34)8-10-19(28-2)26(16)32-29-18-9-6-15(40-3)12-24(18)43(37,38)39;;;;;1-5(2,3)4;1-4(2)3/h6-10,12-14,28,33-34H,1,5H2,2-4H3,(H,37,38,39);;;;;(H2,1,2,3,4);/q-2;;3*+1;;/p-2. The largest absolute Gasteiger partial charge is 1.00 e. The summed E-state index contributed by atoms with van der Waals surface area (Å²) in [6.07, 6.45) is 0. The molecule has 0 unspecified atom stereocenters. The van der Waals surface area contributed by atoms with E-state index in [-0.39, 0.29) is 156 Å². The smallest absolute Gasteiger partial charge is 0.744 e. The number of sulfone groups is 1. The Hall–Kier alpha value is -1.79. The number of hydrogen-bond donors (Lipinski definition) is 4. The van der Waals surface area contributed by atoms with E-state index in [0.717, 1.165) is 12.1 Å². The Labute approximate surface area is 399 Å². The normalized spacial score (nSPS) is 10.9. The van der Waals surface area contributed by atoms with E-state index in [2.05, 4.69) is 38.8 Å². The van der Waals surface area contributed by atoms with Crippen molar-refractivity contribution in [1.82, 2.24) is 0 Å². The van der Waals surface area contributed by atoms with Crippen LogP contribution >= 0.6 is 0 Å². The first-order valence-electron chi connectivity index (χ1n) is 13.3. The van der Waals surface area contributed by atoms with E-state index in [1.807, 2.05) is 0 Å². The zero-order chi connectivity index (χ0) is 39.6. The molecule has 4 aromatic rings. The van der Waals surface area contributed by atoms with Gasteiger partial charge in [-0.1, -0.05) is 22.6 Å². The number of anilines is 1. The second kappa shape index (κ2) is 25.6. The van der Waals surface area contributed by atoms with Crippen LogP contribution < -0.4 is 103 Å². The van der Waals surface area contributed by atoms with E-state index < -0.39 is 57.4 Å². The van der Waals surface area contributed by atoms with Crippen LogP contribution in [0.15, 0.2) is 78.8 Å². The monoisotopic (exact) mass is 935 g/mol. The molecule has 4 N–H and O–H groups in total. The molecule has 0 heterocycles. The van der Waals surface area contributed by atoms with E-state index in [1.54, 1.807) is 19.2 Å². The number of azo groups is 2. The summed E-state index contributed by atoms with van der Waals surface area (Å²) in [5.41, 5.74) is 0.141. The van der Waals surface area contributed by atoms with Crippen LogP contribution in [-0.4, -0.2) is 88.8 Å². The van der Waals surface area contributed by atoms with Crippen molar-refractivity contribution in [1.29, 1.82) is 0 Å². The van der Waals surface area contributed by atoms with Crippen molar-refractivity contribution in [3.63, 3.8) is 0 Å². The number of nitrogens with zero attached hydrogens (tertiary/aromatic N) is 4. The summed E-state index contributed by atoms with van der Waals surface area (Å²) in [7, 11) is -12.6. The molecule has 0 aliphatic carbocycles. The molecule has 0 atom stereocenters. The molecule has 0 bridgehead atoms. The number of methoxy groups -OCH3 is 2. The quantitative estimate of drug-likeness (QED) is 0.0379. The third-order valence-electron chi connectivity index (χ3n) is 6.14. The molecule has 21 nitrogen and oxygen atoms in total. The number of nitrogens with one attached hydrogen (secondary N) is 1. The minimum absolute atomic E-state index is 0. The van der Waals surface area contributed by atoms with Gasteiger partial charge >= 0.3 is 99.3 Å². The number of benzene rings is 4. The molecule has 0 spiro atoms. The zero-order valence-electron chi connectivity index (χ0n) is 29.9. The van der Waals surface area contributed by atoms with Crippen molar-refractivity contribution in [2.24, 2.45) is 20.5 Å². The number of phenolic OH excluding ortho intramolecular Hbond substituents is 2. The van der Waals surface area contributed by atoms with Crippen molar-refractivity contribution in [3.05, 3.63) is 61.5 Å². The molecule has 0 aliphatic rings. The van der Waals surface area contributed by atoms with Gasteiger partial charge in [-0.15, -0.1) is 17.7 Å². The van der Waals surface area contributed by atoms with Gasteiger partial charge in [0.2, 0.25) is 10.4 Å². The van der Waals surface area contributed by atoms with E-state index in [1.165, 1.54) is 38.5 Å². The van der Waals surface area contributed by atoms with Crippen LogP contribution in [0.1, 0.15) is 0 Å². The van der Waals surface area contributed by atoms with Gasteiger partial charge in [0, 0.05) is 53.4 Å². The number of hydrogen-bond acceptors (Lipinski definition) is 20. The van der Waals surface area contributed by atoms with E-state index >= 15 is 0 Å². The molecule has 0 fully saturated rings. The number of aromatic hydroxyl groups is 2. The molecule has 0 saturated carbocycles. The van der Waals surface area contributed by atoms with Crippen LogP contribution in [0.4, 0.5) is 28.4 Å². The van der Waals surface area contributed by atoms with Crippen molar-refractivity contribution >= 4 is 80.2 Å². The Morgan fingerprint density at radius 2 is 1.38 bits per heavy atom. The van der Waals surface area contributed by atoms with E-state index in [4.69, 9.17) is 39.6 Å². The Bertz CT molecular complexity index is 2480. The first kappa shape index (κ1) is 58.5. The first-order chi connectivity index (χ1) is 24.1. The second-order valence-corrected chi connectivity index (χ2v) is 14.0. The van der Waals surface area contributed by atoms with Gasteiger partial charge < -0.3 is 41.0 Å². The topological polar surface area (TPSA) is 340 Å². The maximum absolute atomic E-state index is 12.3.